The number of carbonyl (C=O) groups excluding carboxylic acids is 2. The number of hydrogen-bond donors (Lipinski definition) is 4. The maximum Gasteiger partial charge on any atom is 0.411 e. The number of fused-ring (bicyclic) bond motifs is 1. The standard InChI is InChI=1S/C34H50N6O5/c1-22(2)38-12-14-39(15-13-38)30-18-24(17-29(37-30)36-26-8-7-9-26)31(43)35-20-28(42)34(6)19-23-10-11-27(41)16-25(23)21-40(34)32(44)45-33(3,4)5/h10-11,16-18,22,26,28,41-42H,7-9,12-15,19-21H2,1-6H3,(H,35,43)(H,36,37)/t28-,34-/m1/s1. The summed E-state index contributed by atoms with van der Waals surface area (Å²) in [5, 5.41) is 28.1. The van der Waals surface area contributed by atoms with Gasteiger partial charge in [-0.3, -0.25) is 14.6 Å². The highest BCUT2D eigenvalue weighted by Crippen LogP contribution is 2.36. The number of ether oxygens (including phenoxy) is 1. The molecule has 2 amide bonds. The van der Waals surface area contributed by atoms with Crippen LogP contribution in [0.3, 0.4) is 0 Å². The van der Waals surface area contributed by atoms with Crippen LogP contribution in [0.25, 0.3) is 0 Å². The maximum absolute atomic E-state index is 13.6. The summed E-state index contributed by atoms with van der Waals surface area (Å²) in [5.74, 6) is 1.25. The number of amides is 2. The summed E-state index contributed by atoms with van der Waals surface area (Å²) >= 11 is 0. The van der Waals surface area contributed by atoms with Gasteiger partial charge in [0.15, 0.2) is 0 Å². The molecule has 1 aromatic carbocycles. The number of carbonyl (C=O) groups is 2. The average molecular weight is 623 g/mol. The van der Waals surface area contributed by atoms with Gasteiger partial charge in [0, 0.05) is 50.4 Å². The van der Waals surface area contributed by atoms with Gasteiger partial charge in [0.1, 0.15) is 23.0 Å². The lowest BCUT2D eigenvalue weighted by Crippen LogP contribution is -2.63. The van der Waals surface area contributed by atoms with Gasteiger partial charge in [-0.1, -0.05) is 6.07 Å². The van der Waals surface area contributed by atoms with E-state index in [0.29, 0.717) is 29.9 Å². The minimum Gasteiger partial charge on any atom is -0.508 e. The fraction of sp³-hybridized carbons (Fsp3) is 0.618. The molecule has 5 rings (SSSR count). The van der Waals surface area contributed by atoms with Crippen LogP contribution in [-0.4, -0.2) is 99.0 Å². The fourth-order valence-electron chi connectivity index (χ4n) is 6.28. The monoisotopic (exact) mass is 622 g/mol. The van der Waals surface area contributed by atoms with Gasteiger partial charge in [0.2, 0.25) is 0 Å². The number of hydrogen-bond acceptors (Lipinski definition) is 9. The van der Waals surface area contributed by atoms with Crippen LogP contribution in [0.15, 0.2) is 30.3 Å². The predicted molar refractivity (Wildman–Crippen MR) is 175 cm³/mol. The Kier molecular flexibility index (Phi) is 9.51. The average Bonchev–Trinajstić information content (AvgIpc) is 2.96. The zero-order chi connectivity index (χ0) is 32.5. The van der Waals surface area contributed by atoms with Crippen LogP contribution in [0.2, 0.25) is 0 Å². The molecule has 0 unspecified atom stereocenters. The van der Waals surface area contributed by atoms with E-state index in [1.165, 1.54) is 11.3 Å². The SMILES string of the molecule is CC(C)N1CCN(c2cc(C(=O)NC[C@@H](O)[C@@]3(C)Cc4ccc(O)cc4CN3C(=O)OC(C)(C)C)cc(NC3CCC3)n2)CC1. The third kappa shape index (κ3) is 7.64. The van der Waals surface area contributed by atoms with E-state index in [4.69, 9.17) is 9.72 Å². The molecule has 0 spiro atoms. The first-order chi connectivity index (χ1) is 21.2. The number of phenols is 1. The summed E-state index contributed by atoms with van der Waals surface area (Å²) in [6.07, 6.45) is 2.02. The lowest BCUT2D eigenvalue weighted by molar-refractivity contribution is -0.0496. The number of aliphatic hydroxyl groups is 1. The van der Waals surface area contributed by atoms with Crippen molar-refractivity contribution in [1.82, 2.24) is 20.1 Å². The smallest absolute Gasteiger partial charge is 0.411 e. The highest BCUT2D eigenvalue weighted by molar-refractivity contribution is 5.95. The normalized spacial score (nSPS) is 21.6. The van der Waals surface area contributed by atoms with Crippen molar-refractivity contribution >= 4 is 23.6 Å². The summed E-state index contributed by atoms with van der Waals surface area (Å²) in [6, 6.07) is 9.52. The molecule has 4 N–H and O–H groups in total. The summed E-state index contributed by atoms with van der Waals surface area (Å²) in [7, 11) is 0. The second-order valence-corrected chi connectivity index (χ2v) is 14.3. The minimum atomic E-state index is -1.10. The van der Waals surface area contributed by atoms with Gasteiger partial charge >= 0.3 is 6.09 Å². The molecular formula is C34H50N6O5. The molecule has 3 aliphatic rings. The van der Waals surface area contributed by atoms with Crippen LogP contribution >= 0.6 is 0 Å². The van der Waals surface area contributed by atoms with Crippen LogP contribution < -0.4 is 15.5 Å². The van der Waals surface area contributed by atoms with E-state index >= 15 is 0 Å². The minimum absolute atomic E-state index is 0.0713. The molecule has 1 aromatic heterocycles. The molecule has 1 aliphatic carbocycles. The van der Waals surface area contributed by atoms with E-state index in [1.54, 1.807) is 39.0 Å². The molecule has 2 atom stereocenters. The van der Waals surface area contributed by atoms with E-state index in [9.17, 15) is 19.8 Å². The van der Waals surface area contributed by atoms with E-state index in [0.717, 1.165) is 56.0 Å². The van der Waals surface area contributed by atoms with Crippen molar-refractivity contribution in [2.75, 3.05) is 42.9 Å². The van der Waals surface area contributed by atoms with Crippen molar-refractivity contribution < 1.29 is 24.5 Å². The molecule has 11 heteroatoms. The highest BCUT2D eigenvalue weighted by Gasteiger charge is 2.46. The number of aromatic nitrogens is 1. The zero-order valence-corrected chi connectivity index (χ0v) is 27.6. The molecule has 2 aliphatic heterocycles. The number of nitrogens with zero attached hydrogens (tertiary/aromatic N) is 4. The number of pyridine rings is 1. The fourth-order valence-corrected chi connectivity index (χ4v) is 6.28. The Labute approximate surface area is 266 Å². The molecule has 2 fully saturated rings. The first-order valence-electron chi connectivity index (χ1n) is 16.3. The topological polar surface area (TPSA) is 130 Å². The Balaban J connectivity index is 1.34. The quantitative estimate of drug-likeness (QED) is 0.343. The molecule has 1 saturated heterocycles. The van der Waals surface area contributed by atoms with Crippen molar-refractivity contribution in [2.45, 2.75) is 103 Å². The second-order valence-electron chi connectivity index (χ2n) is 14.3. The Morgan fingerprint density at radius 1 is 1.09 bits per heavy atom. The summed E-state index contributed by atoms with van der Waals surface area (Å²) in [5.41, 5.74) is 0.375. The van der Waals surface area contributed by atoms with Gasteiger partial charge in [-0.25, -0.2) is 9.78 Å². The first kappa shape index (κ1) is 32.8. The van der Waals surface area contributed by atoms with E-state index in [1.807, 2.05) is 19.1 Å². The van der Waals surface area contributed by atoms with Gasteiger partial charge < -0.3 is 30.5 Å². The van der Waals surface area contributed by atoms with Crippen LogP contribution in [0, 0.1) is 0 Å². The third-order valence-electron chi connectivity index (χ3n) is 9.37. The van der Waals surface area contributed by atoms with Crippen LogP contribution in [-0.2, 0) is 17.7 Å². The van der Waals surface area contributed by atoms with Gasteiger partial charge in [-0.15, -0.1) is 0 Å². The molecular weight excluding hydrogens is 572 g/mol. The van der Waals surface area contributed by atoms with Gasteiger partial charge in [-0.2, -0.15) is 0 Å². The number of phenolic OH excluding ortho intramolecular Hbond substituents is 1. The van der Waals surface area contributed by atoms with Gasteiger partial charge in [-0.05, 0) is 103 Å². The molecule has 246 valence electrons. The Hall–Kier alpha value is -3.57. The number of aliphatic hydroxyl groups excluding tert-OH is 1. The number of anilines is 2. The van der Waals surface area contributed by atoms with Crippen molar-refractivity contribution in [3.63, 3.8) is 0 Å². The van der Waals surface area contributed by atoms with Crippen molar-refractivity contribution in [3.05, 3.63) is 47.0 Å². The van der Waals surface area contributed by atoms with Crippen molar-refractivity contribution in [1.29, 1.82) is 0 Å². The largest absolute Gasteiger partial charge is 0.508 e. The maximum atomic E-state index is 13.6. The lowest BCUT2D eigenvalue weighted by Gasteiger charge is -2.48. The third-order valence-corrected chi connectivity index (χ3v) is 9.37. The van der Waals surface area contributed by atoms with Crippen molar-refractivity contribution in [2.24, 2.45) is 0 Å². The zero-order valence-electron chi connectivity index (χ0n) is 27.6. The number of piperazine rings is 1. The Morgan fingerprint density at radius 2 is 1.80 bits per heavy atom. The van der Waals surface area contributed by atoms with E-state index < -0.39 is 23.3 Å². The molecule has 11 nitrogen and oxygen atoms in total. The predicted octanol–water partition coefficient (Wildman–Crippen LogP) is 4.12. The highest BCUT2D eigenvalue weighted by atomic mass is 16.6. The molecule has 3 heterocycles. The molecule has 2 aromatic rings. The summed E-state index contributed by atoms with van der Waals surface area (Å²) in [4.78, 5) is 38.1. The Morgan fingerprint density at radius 3 is 2.42 bits per heavy atom. The van der Waals surface area contributed by atoms with E-state index in [2.05, 4.69) is 34.3 Å². The molecule has 1 saturated carbocycles. The first-order valence-corrected chi connectivity index (χ1v) is 16.3. The van der Waals surface area contributed by atoms with Gasteiger partial charge in [0.05, 0.1) is 18.2 Å². The Bertz CT molecular complexity index is 1380. The lowest BCUT2D eigenvalue weighted by atomic mass is 9.80. The van der Waals surface area contributed by atoms with Crippen LogP contribution in [0.1, 0.15) is 82.3 Å². The number of nitrogens with one attached hydrogen (secondary N) is 2. The molecule has 45 heavy (non-hydrogen) atoms. The second kappa shape index (κ2) is 13.0. The summed E-state index contributed by atoms with van der Waals surface area (Å²) in [6.45, 7) is 15.2. The van der Waals surface area contributed by atoms with Crippen LogP contribution in [0.5, 0.6) is 5.75 Å². The molecule has 0 radical (unpaired) electrons. The van der Waals surface area contributed by atoms with Crippen LogP contribution in [0.4, 0.5) is 16.4 Å². The van der Waals surface area contributed by atoms with E-state index in [-0.39, 0.29) is 24.7 Å². The number of aromatic hydroxyl groups is 1. The molecule has 0 bridgehead atoms. The number of benzene rings is 1. The number of rotatable bonds is 8. The van der Waals surface area contributed by atoms with Crippen molar-refractivity contribution in [3.8, 4) is 5.75 Å². The summed E-state index contributed by atoms with van der Waals surface area (Å²) < 4.78 is 5.72. The van der Waals surface area contributed by atoms with Gasteiger partial charge in [0.25, 0.3) is 5.91 Å².